The lowest BCUT2D eigenvalue weighted by molar-refractivity contribution is -0.136. The Hall–Kier alpha value is -1.26. The fraction of sp³-hybridized carbons (Fsp3) is 0.500. The van der Waals surface area contributed by atoms with Crippen molar-refractivity contribution in [3.63, 3.8) is 0 Å². The smallest absolute Gasteiger partial charge is 0.263 e. The number of carbonyl (C=O) groups excluding carboxylic acids is 1. The summed E-state index contributed by atoms with van der Waals surface area (Å²) in [5, 5.41) is 3.01. The van der Waals surface area contributed by atoms with E-state index in [9.17, 15) is 4.79 Å². The van der Waals surface area contributed by atoms with Gasteiger partial charge < -0.3 is 15.0 Å². The van der Waals surface area contributed by atoms with Gasteiger partial charge in [-0.1, -0.05) is 12.1 Å². The molecule has 4 nitrogen and oxygen atoms in total. The van der Waals surface area contributed by atoms with Crippen molar-refractivity contribution >= 4 is 18.3 Å². The molecule has 19 heavy (non-hydrogen) atoms. The first-order chi connectivity index (χ1) is 8.54. The second-order valence-corrected chi connectivity index (χ2v) is 4.44. The highest BCUT2D eigenvalue weighted by Crippen LogP contribution is 2.14. The molecule has 1 amide bonds. The highest BCUT2D eigenvalue weighted by atomic mass is 35.5. The molecule has 0 aliphatic heterocycles. The van der Waals surface area contributed by atoms with Crippen LogP contribution in [-0.2, 0) is 4.79 Å². The van der Waals surface area contributed by atoms with Crippen molar-refractivity contribution in [2.45, 2.75) is 20.0 Å². The number of carbonyl (C=O) groups is 1. The maximum Gasteiger partial charge on any atom is 0.263 e. The first-order valence-electron chi connectivity index (χ1n) is 6.17. The number of nitrogens with one attached hydrogen (secondary N) is 1. The zero-order valence-corrected chi connectivity index (χ0v) is 12.8. The summed E-state index contributed by atoms with van der Waals surface area (Å²) in [6, 6.07) is 7.72. The van der Waals surface area contributed by atoms with Crippen LogP contribution in [0.25, 0.3) is 0 Å². The Morgan fingerprint density at radius 2 is 2.16 bits per heavy atom. The number of nitrogens with zero attached hydrogens (tertiary/aromatic N) is 1. The number of benzene rings is 1. The van der Waals surface area contributed by atoms with Crippen LogP contribution in [0, 0.1) is 6.92 Å². The predicted molar refractivity (Wildman–Crippen MR) is 80.1 cm³/mol. The molecule has 0 saturated heterocycles. The number of hydrogen-bond donors (Lipinski definition) is 1. The summed E-state index contributed by atoms with van der Waals surface area (Å²) in [4.78, 5) is 13.7. The van der Waals surface area contributed by atoms with Crippen LogP contribution in [0.2, 0.25) is 0 Å². The minimum absolute atomic E-state index is 0. The number of likely N-dealkylation sites (N-methyl/N-ethyl adjacent to an activating group) is 2. The Kier molecular flexibility index (Phi) is 8.19. The third-order valence-electron chi connectivity index (χ3n) is 2.72. The normalized spacial score (nSPS) is 11.4. The van der Waals surface area contributed by atoms with Crippen molar-refractivity contribution in [2.75, 3.05) is 27.2 Å². The van der Waals surface area contributed by atoms with Crippen LogP contribution < -0.4 is 10.1 Å². The van der Waals surface area contributed by atoms with E-state index in [-0.39, 0.29) is 18.3 Å². The predicted octanol–water partition coefficient (Wildman–Crippen LogP) is 1.86. The molecule has 0 heterocycles. The van der Waals surface area contributed by atoms with Crippen molar-refractivity contribution in [2.24, 2.45) is 0 Å². The number of hydrogen-bond acceptors (Lipinski definition) is 3. The van der Waals surface area contributed by atoms with Gasteiger partial charge in [-0.2, -0.15) is 0 Å². The number of halogens is 1. The lowest BCUT2D eigenvalue weighted by atomic mass is 10.2. The van der Waals surface area contributed by atoms with Crippen LogP contribution in [0.5, 0.6) is 5.75 Å². The van der Waals surface area contributed by atoms with Gasteiger partial charge in [-0.3, -0.25) is 4.79 Å². The van der Waals surface area contributed by atoms with Crippen LogP contribution in [0.3, 0.4) is 0 Å². The molecule has 0 aliphatic carbocycles. The molecule has 1 aromatic carbocycles. The minimum atomic E-state index is -0.464. The van der Waals surface area contributed by atoms with E-state index in [4.69, 9.17) is 4.74 Å². The number of amides is 1. The zero-order chi connectivity index (χ0) is 13.5. The first kappa shape index (κ1) is 17.7. The van der Waals surface area contributed by atoms with Crippen molar-refractivity contribution < 1.29 is 9.53 Å². The minimum Gasteiger partial charge on any atom is -0.481 e. The number of rotatable bonds is 6. The molecule has 1 N–H and O–H groups in total. The van der Waals surface area contributed by atoms with E-state index in [1.54, 1.807) is 18.9 Å². The van der Waals surface area contributed by atoms with Crippen LogP contribution >= 0.6 is 12.4 Å². The molecule has 1 aromatic rings. The van der Waals surface area contributed by atoms with E-state index >= 15 is 0 Å². The summed E-state index contributed by atoms with van der Waals surface area (Å²) in [5.41, 5.74) is 1.12. The van der Waals surface area contributed by atoms with Gasteiger partial charge in [0.05, 0.1) is 0 Å². The summed E-state index contributed by atoms with van der Waals surface area (Å²) >= 11 is 0. The van der Waals surface area contributed by atoms with E-state index in [1.165, 1.54) is 0 Å². The van der Waals surface area contributed by atoms with Crippen LogP contribution in [-0.4, -0.2) is 44.1 Å². The summed E-state index contributed by atoms with van der Waals surface area (Å²) in [6.07, 6.45) is -0.464. The van der Waals surface area contributed by atoms with Gasteiger partial charge in [0.2, 0.25) is 0 Å². The monoisotopic (exact) mass is 286 g/mol. The fourth-order valence-electron chi connectivity index (χ4n) is 1.64. The van der Waals surface area contributed by atoms with Gasteiger partial charge in [0, 0.05) is 20.1 Å². The lowest BCUT2D eigenvalue weighted by Gasteiger charge is -2.22. The second-order valence-electron chi connectivity index (χ2n) is 4.44. The Morgan fingerprint density at radius 3 is 2.74 bits per heavy atom. The molecule has 0 spiro atoms. The molecule has 108 valence electrons. The highest BCUT2D eigenvalue weighted by molar-refractivity contribution is 5.85. The van der Waals surface area contributed by atoms with E-state index < -0.39 is 6.10 Å². The summed E-state index contributed by atoms with van der Waals surface area (Å²) in [6.45, 7) is 5.23. The van der Waals surface area contributed by atoms with Gasteiger partial charge in [0.15, 0.2) is 6.10 Å². The van der Waals surface area contributed by atoms with Crippen molar-refractivity contribution in [3.8, 4) is 5.75 Å². The Morgan fingerprint density at radius 1 is 1.47 bits per heavy atom. The van der Waals surface area contributed by atoms with Gasteiger partial charge in [0.25, 0.3) is 5.91 Å². The molecule has 0 radical (unpaired) electrons. The first-order valence-corrected chi connectivity index (χ1v) is 6.17. The fourth-order valence-corrected chi connectivity index (χ4v) is 1.64. The molecule has 0 bridgehead atoms. The largest absolute Gasteiger partial charge is 0.481 e. The van der Waals surface area contributed by atoms with E-state index in [0.29, 0.717) is 6.54 Å². The van der Waals surface area contributed by atoms with Gasteiger partial charge in [-0.05, 0) is 38.6 Å². The number of aryl methyl sites for hydroxylation is 1. The third-order valence-corrected chi connectivity index (χ3v) is 2.72. The summed E-state index contributed by atoms with van der Waals surface area (Å²) in [7, 11) is 3.65. The number of ether oxygens (including phenoxy) is 1. The van der Waals surface area contributed by atoms with Gasteiger partial charge >= 0.3 is 0 Å². The highest BCUT2D eigenvalue weighted by Gasteiger charge is 2.18. The SMILES string of the molecule is CNCCN(C)C(=O)C(C)Oc1cccc(C)c1.Cl. The van der Waals surface area contributed by atoms with Crippen molar-refractivity contribution in [3.05, 3.63) is 29.8 Å². The van der Waals surface area contributed by atoms with Crippen LogP contribution in [0.15, 0.2) is 24.3 Å². The molecular formula is C14H23ClN2O2. The van der Waals surface area contributed by atoms with Crippen molar-refractivity contribution in [1.82, 2.24) is 10.2 Å². The van der Waals surface area contributed by atoms with Gasteiger partial charge in [0.1, 0.15) is 5.75 Å². The molecule has 0 fully saturated rings. The average Bonchev–Trinajstić information content (AvgIpc) is 2.35. The van der Waals surface area contributed by atoms with Gasteiger partial charge in [-0.25, -0.2) is 0 Å². The lowest BCUT2D eigenvalue weighted by Crippen LogP contribution is -2.40. The van der Waals surface area contributed by atoms with Gasteiger partial charge in [-0.15, -0.1) is 12.4 Å². The summed E-state index contributed by atoms with van der Waals surface area (Å²) in [5.74, 6) is 0.727. The molecular weight excluding hydrogens is 264 g/mol. The average molecular weight is 287 g/mol. The second kappa shape index (κ2) is 8.77. The van der Waals surface area contributed by atoms with Crippen LogP contribution in [0.4, 0.5) is 0 Å². The van der Waals surface area contributed by atoms with Crippen LogP contribution in [0.1, 0.15) is 12.5 Å². The summed E-state index contributed by atoms with van der Waals surface area (Å²) < 4.78 is 5.65. The Balaban J connectivity index is 0.00000324. The van der Waals surface area contributed by atoms with E-state index in [0.717, 1.165) is 17.9 Å². The molecule has 1 rings (SSSR count). The Bertz CT molecular complexity index is 399. The van der Waals surface area contributed by atoms with E-state index in [2.05, 4.69) is 5.32 Å². The Labute approximate surface area is 121 Å². The van der Waals surface area contributed by atoms with E-state index in [1.807, 2.05) is 38.2 Å². The quantitative estimate of drug-likeness (QED) is 0.868. The third kappa shape index (κ3) is 5.94. The van der Waals surface area contributed by atoms with Crippen molar-refractivity contribution in [1.29, 1.82) is 0 Å². The maximum atomic E-state index is 12.0. The molecule has 1 unspecified atom stereocenters. The molecule has 0 aromatic heterocycles. The molecule has 0 aliphatic rings. The topological polar surface area (TPSA) is 41.6 Å². The molecule has 0 saturated carbocycles. The maximum absolute atomic E-state index is 12.0. The standard InChI is InChI=1S/C14H22N2O2.ClH/c1-11-6-5-7-13(10-11)18-12(2)14(17)16(4)9-8-15-3;/h5-7,10,12,15H,8-9H2,1-4H3;1H. The molecule has 1 atom stereocenters. The zero-order valence-electron chi connectivity index (χ0n) is 12.0. The molecule has 5 heteroatoms.